The first-order valence-electron chi connectivity index (χ1n) is 6.12. The average molecular weight is 301 g/mol. The Morgan fingerprint density at radius 3 is 2.76 bits per heavy atom. The van der Waals surface area contributed by atoms with Crippen molar-refractivity contribution in [2.24, 2.45) is 0 Å². The predicted molar refractivity (Wildman–Crippen MR) is 65.8 cm³/mol. The van der Waals surface area contributed by atoms with Gasteiger partial charge in [0.2, 0.25) is 5.91 Å². The van der Waals surface area contributed by atoms with E-state index < -0.39 is 30.5 Å². The van der Waals surface area contributed by atoms with E-state index in [0.717, 1.165) is 6.07 Å². The van der Waals surface area contributed by atoms with Gasteiger partial charge in [-0.15, -0.1) is 0 Å². The molecule has 1 aliphatic rings. The van der Waals surface area contributed by atoms with Crippen LogP contribution >= 0.6 is 0 Å². The highest BCUT2D eigenvalue weighted by molar-refractivity contribution is 5.87. The molecule has 4 nitrogen and oxygen atoms in total. The second-order valence-electron chi connectivity index (χ2n) is 4.63. The van der Waals surface area contributed by atoms with E-state index in [2.05, 4.69) is 5.32 Å². The predicted octanol–water partition coefficient (Wildman–Crippen LogP) is 2.27. The summed E-state index contributed by atoms with van der Waals surface area (Å²) in [6.07, 6.45) is -4.29. The number of carbonyl (C=O) groups excluding carboxylic acids is 1. The van der Waals surface area contributed by atoms with Gasteiger partial charge in [0.25, 0.3) is 0 Å². The first kappa shape index (κ1) is 15.1. The number of nitrogens with zero attached hydrogens (tertiary/aromatic N) is 2. The Kier molecular flexibility index (Phi) is 4.02. The zero-order chi connectivity index (χ0) is 15.6. The van der Waals surface area contributed by atoms with Crippen LogP contribution in [0.1, 0.15) is 12.0 Å². The standard InChI is InChI=1S/C13H11F4N3O/c14-9-2-1-3-10(8(9)6-18)19-11-4-5-20(12(11)21)7-13(15,16)17/h1-3,11,19H,4-5,7H2. The first-order chi connectivity index (χ1) is 9.81. The second kappa shape index (κ2) is 5.60. The third-order valence-corrected chi connectivity index (χ3v) is 3.12. The van der Waals surface area contributed by atoms with Crippen molar-refractivity contribution < 1.29 is 22.4 Å². The van der Waals surface area contributed by atoms with Crippen LogP contribution in [0.15, 0.2) is 18.2 Å². The van der Waals surface area contributed by atoms with Crippen LogP contribution in [0.3, 0.4) is 0 Å². The summed E-state index contributed by atoms with van der Waals surface area (Å²) in [6, 6.07) is 4.62. The molecule has 0 saturated carbocycles. The van der Waals surface area contributed by atoms with E-state index in [1.807, 2.05) is 0 Å². The number of rotatable bonds is 3. The minimum atomic E-state index is -4.46. The first-order valence-corrected chi connectivity index (χ1v) is 6.12. The van der Waals surface area contributed by atoms with Crippen molar-refractivity contribution in [1.82, 2.24) is 4.90 Å². The van der Waals surface area contributed by atoms with Crippen LogP contribution < -0.4 is 5.32 Å². The van der Waals surface area contributed by atoms with Crippen LogP contribution in [0.2, 0.25) is 0 Å². The zero-order valence-corrected chi connectivity index (χ0v) is 10.7. The van der Waals surface area contributed by atoms with Gasteiger partial charge in [-0.3, -0.25) is 4.79 Å². The number of nitrogens with one attached hydrogen (secondary N) is 1. The molecule has 0 aromatic heterocycles. The van der Waals surface area contributed by atoms with E-state index in [1.165, 1.54) is 12.1 Å². The molecule has 0 radical (unpaired) electrons. The van der Waals surface area contributed by atoms with Crippen LogP contribution in [0.4, 0.5) is 23.2 Å². The Labute approximate surface area is 118 Å². The highest BCUT2D eigenvalue weighted by atomic mass is 19.4. The lowest BCUT2D eigenvalue weighted by Gasteiger charge is -2.19. The SMILES string of the molecule is N#Cc1c(F)cccc1NC1CCN(CC(F)(F)F)C1=O. The molecule has 0 bridgehead atoms. The molecule has 0 spiro atoms. The summed E-state index contributed by atoms with van der Waals surface area (Å²) in [5.41, 5.74) is -0.163. The van der Waals surface area contributed by atoms with Gasteiger partial charge in [-0.25, -0.2) is 4.39 Å². The lowest BCUT2D eigenvalue weighted by molar-refractivity contribution is -0.157. The van der Waals surface area contributed by atoms with Gasteiger partial charge in [-0.05, 0) is 18.6 Å². The van der Waals surface area contributed by atoms with Crippen molar-refractivity contribution in [2.45, 2.75) is 18.6 Å². The number of halogens is 4. The molecule has 1 aromatic rings. The van der Waals surface area contributed by atoms with Crippen LogP contribution in [-0.2, 0) is 4.79 Å². The van der Waals surface area contributed by atoms with E-state index in [4.69, 9.17) is 5.26 Å². The van der Waals surface area contributed by atoms with Gasteiger partial charge in [-0.2, -0.15) is 18.4 Å². The smallest absolute Gasteiger partial charge is 0.372 e. The summed E-state index contributed by atoms with van der Waals surface area (Å²) in [5, 5.41) is 11.5. The number of amides is 1. The Morgan fingerprint density at radius 1 is 1.43 bits per heavy atom. The molecule has 0 aliphatic carbocycles. The third-order valence-electron chi connectivity index (χ3n) is 3.12. The maximum Gasteiger partial charge on any atom is 0.406 e. The third kappa shape index (κ3) is 3.42. The van der Waals surface area contributed by atoms with Crippen molar-refractivity contribution in [3.63, 3.8) is 0 Å². The van der Waals surface area contributed by atoms with Gasteiger partial charge in [0.05, 0.1) is 5.69 Å². The van der Waals surface area contributed by atoms with Crippen LogP contribution in [0.25, 0.3) is 0 Å². The number of nitriles is 1. The molecule has 112 valence electrons. The highest BCUT2D eigenvalue weighted by Gasteiger charge is 2.39. The number of hydrogen-bond donors (Lipinski definition) is 1. The Morgan fingerprint density at radius 2 is 2.14 bits per heavy atom. The number of hydrogen-bond acceptors (Lipinski definition) is 3. The van der Waals surface area contributed by atoms with Gasteiger partial charge in [0, 0.05) is 6.54 Å². The lowest BCUT2D eigenvalue weighted by Crippen LogP contribution is -2.39. The van der Waals surface area contributed by atoms with Crippen LogP contribution in [-0.4, -0.2) is 36.1 Å². The summed E-state index contributed by atoms with van der Waals surface area (Å²) >= 11 is 0. The largest absolute Gasteiger partial charge is 0.406 e. The van der Waals surface area contributed by atoms with Gasteiger partial charge in [-0.1, -0.05) is 6.07 Å². The van der Waals surface area contributed by atoms with Crippen molar-refractivity contribution in [1.29, 1.82) is 5.26 Å². The van der Waals surface area contributed by atoms with Crippen molar-refractivity contribution in [3.8, 4) is 6.07 Å². The van der Waals surface area contributed by atoms with Gasteiger partial charge >= 0.3 is 6.18 Å². The molecule has 1 atom stereocenters. The molecule has 1 fully saturated rings. The minimum absolute atomic E-state index is 0.0345. The monoisotopic (exact) mass is 301 g/mol. The highest BCUT2D eigenvalue weighted by Crippen LogP contribution is 2.24. The van der Waals surface area contributed by atoms with Crippen molar-refractivity contribution in [3.05, 3.63) is 29.6 Å². The molecular weight excluding hydrogens is 290 g/mol. The summed E-state index contributed by atoms with van der Waals surface area (Å²) in [6.45, 7) is -1.34. The Hall–Kier alpha value is -2.30. The zero-order valence-electron chi connectivity index (χ0n) is 10.7. The summed E-state index contributed by atoms with van der Waals surface area (Å²) in [7, 11) is 0. The van der Waals surface area contributed by atoms with Crippen LogP contribution in [0, 0.1) is 17.1 Å². The van der Waals surface area contributed by atoms with E-state index in [9.17, 15) is 22.4 Å². The topological polar surface area (TPSA) is 56.1 Å². The molecule has 8 heteroatoms. The maximum atomic E-state index is 13.4. The van der Waals surface area contributed by atoms with E-state index >= 15 is 0 Å². The number of alkyl halides is 3. The molecule has 21 heavy (non-hydrogen) atoms. The summed E-state index contributed by atoms with van der Waals surface area (Å²) in [5.74, 6) is -1.46. The normalized spacial score (nSPS) is 18.7. The van der Waals surface area contributed by atoms with Crippen LogP contribution in [0.5, 0.6) is 0 Å². The minimum Gasteiger partial charge on any atom is -0.372 e. The molecular formula is C13H11F4N3O. The molecule has 1 N–H and O–H groups in total. The van der Waals surface area contributed by atoms with Gasteiger partial charge in [0.1, 0.15) is 30.0 Å². The molecule has 1 heterocycles. The fraction of sp³-hybridized carbons (Fsp3) is 0.385. The summed E-state index contributed by atoms with van der Waals surface area (Å²) < 4.78 is 50.3. The Balaban J connectivity index is 2.11. The van der Waals surface area contributed by atoms with Gasteiger partial charge in [0.15, 0.2) is 0 Å². The molecule has 2 rings (SSSR count). The maximum absolute atomic E-state index is 13.4. The molecule has 1 saturated heterocycles. The summed E-state index contributed by atoms with van der Waals surface area (Å²) in [4.78, 5) is 12.6. The number of likely N-dealkylation sites (tertiary alicyclic amines) is 1. The van der Waals surface area contributed by atoms with E-state index in [0.29, 0.717) is 4.90 Å². The van der Waals surface area contributed by atoms with E-state index in [1.54, 1.807) is 6.07 Å². The molecule has 1 aliphatic heterocycles. The average Bonchev–Trinajstić information content (AvgIpc) is 2.70. The quantitative estimate of drug-likeness (QED) is 0.871. The molecule has 1 unspecified atom stereocenters. The fourth-order valence-corrected chi connectivity index (χ4v) is 2.19. The Bertz CT molecular complexity index is 594. The second-order valence-corrected chi connectivity index (χ2v) is 4.63. The van der Waals surface area contributed by atoms with E-state index in [-0.39, 0.29) is 24.2 Å². The molecule has 1 amide bonds. The lowest BCUT2D eigenvalue weighted by atomic mass is 10.1. The molecule has 1 aromatic carbocycles. The van der Waals surface area contributed by atoms with Crippen molar-refractivity contribution >= 4 is 11.6 Å². The number of carbonyl (C=O) groups is 1. The number of anilines is 1. The number of benzene rings is 1. The van der Waals surface area contributed by atoms with Crippen molar-refractivity contribution in [2.75, 3.05) is 18.4 Å². The fourth-order valence-electron chi connectivity index (χ4n) is 2.19. The van der Waals surface area contributed by atoms with Gasteiger partial charge < -0.3 is 10.2 Å².